The van der Waals surface area contributed by atoms with E-state index in [0.717, 1.165) is 12.1 Å². The van der Waals surface area contributed by atoms with Gasteiger partial charge in [0.15, 0.2) is 0 Å². The molecule has 2 aliphatic rings. The van der Waals surface area contributed by atoms with Crippen LogP contribution < -0.4 is 4.90 Å². The van der Waals surface area contributed by atoms with Crippen molar-refractivity contribution in [3.05, 3.63) is 29.8 Å². The number of piperidine rings is 1. The van der Waals surface area contributed by atoms with Gasteiger partial charge in [-0.1, -0.05) is 0 Å². The van der Waals surface area contributed by atoms with Crippen molar-refractivity contribution in [1.29, 1.82) is 0 Å². The van der Waals surface area contributed by atoms with Gasteiger partial charge in [-0.2, -0.15) is 13.2 Å². The van der Waals surface area contributed by atoms with E-state index in [9.17, 15) is 22.8 Å². The van der Waals surface area contributed by atoms with Gasteiger partial charge in [0, 0.05) is 18.2 Å². The molecule has 106 valence electrons. The van der Waals surface area contributed by atoms with Crippen LogP contribution in [0, 0.1) is 17.8 Å². The number of carbonyl (C=O) groups excluding carboxylic acids is 1. The number of hydrogen-bond donors (Lipinski definition) is 1. The maximum atomic E-state index is 12.4. The summed E-state index contributed by atoms with van der Waals surface area (Å²) in [5, 5.41) is 8.86. The molecule has 3 unspecified atom stereocenters. The number of aliphatic carboxylic acids is 1. The Hall–Kier alpha value is -2.05. The van der Waals surface area contributed by atoms with Crippen LogP contribution in [-0.2, 0) is 15.8 Å². The molecule has 0 radical (unpaired) electrons. The fourth-order valence-corrected chi connectivity index (χ4v) is 2.82. The van der Waals surface area contributed by atoms with Crippen molar-refractivity contribution in [2.45, 2.75) is 6.18 Å². The van der Waals surface area contributed by atoms with E-state index in [-0.39, 0.29) is 18.4 Å². The standard InChI is InChI=1S/C13H10F3NO3/c14-13(15,16)6-1-3-7(4-2-6)17-5-8-9(11(17)18)10(8)12(19)20/h1-4,8-10H,5H2,(H,19,20). The Bertz CT molecular complexity index is 582. The Morgan fingerprint density at radius 3 is 2.25 bits per heavy atom. The number of carboxylic acids is 1. The molecule has 1 saturated carbocycles. The number of carbonyl (C=O) groups is 2. The SMILES string of the molecule is O=C(O)C1C2CN(c3ccc(C(F)(F)F)cc3)C(=O)C21. The lowest BCUT2D eigenvalue weighted by molar-refractivity contribution is -0.140. The van der Waals surface area contributed by atoms with E-state index in [4.69, 9.17) is 5.11 Å². The van der Waals surface area contributed by atoms with Gasteiger partial charge in [-0.05, 0) is 24.3 Å². The number of alkyl halides is 3. The lowest BCUT2D eigenvalue weighted by atomic mass is 10.1. The number of halogens is 3. The van der Waals surface area contributed by atoms with Crippen molar-refractivity contribution in [3.8, 4) is 0 Å². The van der Waals surface area contributed by atoms with E-state index in [2.05, 4.69) is 0 Å². The van der Waals surface area contributed by atoms with Gasteiger partial charge in [-0.3, -0.25) is 9.59 Å². The second-order valence-electron chi connectivity index (χ2n) is 5.05. The average molecular weight is 285 g/mol. The first-order valence-corrected chi connectivity index (χ1v) is 6.02. The second kappa shape index (κ2) is 3.97. The van der Waals surface area contributed by atoms with Gasteiger partial charge in [-0.25, -0.2) is 0 Å². The highest BCUT2D eigenvalue weighted by Gasteiger charge is 2.65. The third-order valence-corrected chi connectivity index (χ3v) is 3.90. The molecule has 0 bridgehead atoms. The van der Waals surface area contributed by atoms with Gasteiger partial charge in [0.1, 0.15) is 0 Å². The molecule has 20 heavy (non-hydrogen) atoms. The molecule has 1 aromatic carbocycles. The number of rotatable bonds is 2. The molecule has 4 nitrogen and oxygen atoms in total. The summed E-state index contributed by atoms with van der Waals surface area (Å²) in [6, 6.07) is 4.31. The Morgan fingerprint density at radius 1 is 1.25 bits per heavy atom. The number of benzene rings is 1. The second-order valence-corrected chi connectivity index (χ2v) is 5.05. The lowest BCUT2D eigenvalue weighted by Crippen LogP contribution is -2.31. The van der Waals surface area contributed by atoms with Gasteiger partial charge in [0.25, 0.3) is 0 Å². The third kappa shape index (κ3) is 1.85. The third-order valence-electron chi connectivity index (χ3n) is 3.90. The van der Waals surface area contributed by atoms with Crippen molar-refractivity contribution in [2.75, 3.05) is 11.4 Å². The summed E-state index contributed by atoms with van der Waals surface area (Å²) in [6.07, 6.45) is -4.41. The largest absolute Gasteiger partial charge is 0.481 e. The first-order valence-electron chi connectivity index (χ1n) is 6.02. The first-order chi connectivity index (χ1) is 9.30. The van der Waals surface area contributed by atoms with Gasteiger partial charge in [-0.15, -0.1) is 0 Å². The molecular formula is C13H10F3NO3. The molecule has 7 heteroatoms. The summed E-state index contributed by atoms with van der Waals surface area (Å²) in [4.78, 5) is 24.2. The molecule has 1 aliphatic heterocycles. The summed E-state index contributed by atoms with van der Waals surface area (Å²) < 4.78 is 37.3. The molecule has 1 heterocycles. The number of nitrogens with zero attached hydrogens (tertiary/aromatic N) is 1. The van der Waals surface area contributed by atoms with Gasteiger partial charge >= 0.3 is 12.1 Å². The zero-order valence-electron chi connectivity index (χ0n) is 10.1. The van der Waals surface area contributed by atoms with E-state index in [1.807, 2.05) is 0 Å². The molecule has 0 aromatic heterocycles. The number of anilines is 1. The Kier molecular flexibility index (Phi) is 2.57. The van der Waals surface area contributed by atoms with Crippen LogP contribution in [0.3, 0.4) is 0 Å². The number of carboxylic acid groups (broad SMARTS) is 1. The summed E-state index contributed by atoms with van der Waals surface area (Å²) in [5.74, 6) is -2.67. The maximum Gasteiger partial charge on any atom is 0.416 e. The number of fused-ring (bicyclic) bond motifs is 1. The Morgan fingerprint density at radius 2 is 1.85 bits per heavy atom. The first kappa shape index (κ1) is 13.0. The van der Waals surface area contributed by atoms with Crippen molar-refractivity contribution < 1.29 is 27.9 Å². The highest BCUT2D eigenvalue weighted by Crippen LogP contribution is 2.53. The molecular weight excluding hydrogens is 275 g/mol. The van der Waals surface area contributed by atoms with Crippen LogP contribution in [0.2, 0.25) is 0 Å². The summed E-state index contributed by atoms with van der Waals surface area (Å²) in [7, 11) is 0. The van der Waals surface area contributed by atoms with Crippen LogP contribution in [0.5, 0.6) is 0 Å². The fourth-order valence-electron chi connectivity index (χ4n) is 2.82. The van der Waals surface area contributed by atoms with Crippen LogP contribution in [0.4, 0.5) is 18.9 Å². The summed E-state index contributed by atoms with van der Waals surface area (Å²) in [6.45, 7) is 0.256. The molecule has 3 rings (SSSR count). The van der Waals surface area contributed by atoms with Crippen LogP contribution in [0.15, 0.2) is 24.3 Å². The maximum absolute atomic E-state index is 12.4. The van der Waals surface area contributed by atoms with Crippen molar-refractivity contribution in [2.24, 2.45) is 17.8 Å². The van der Waals surface area contributed by atoms with Crippen molar-refractivity contribution in [3.63, 3.8) is 0 Å². The predicted molar refractivity (Wildman–Crippen MR) is 61.9 cm³/mol. The molecule has 1 saturated heterocycles. The van der Waals surface area contributed by atoms with Crippen LogP contribution >= 0.6 is 0 Å². The van der Waals surface area contributed by atoms with Gasteiger partial charge < -0.3 is 10.0 Å². The zero-order valence-corrected chi connectivity index (χ0v) is 10.1. The highest BCUT2D eigenvalue weighted by atomic mass is 19.4. The summed E-state index contributed by atoms with van der Waals surface area (Å²) in [5.41, 5.74) is -0.402. The topological polar surface area (TPSA) is 57.6 Å². The quantitative estimate of drug-likeness (QED) is 0.904. The van der Waals surface area contributed by atoms with Crippen LogP contribution in [-0.4, -0.2) is 23.5 Å². The number of hydrogen-bond acceptors (Lipinski definition) is 2. The van der Waals surface area contributed by atoms with Crippen LogP contribution in [0.25, 0.3) is 0 Å². The Labute approximate surface area is 111 Å². The molecule has 1 aromatic rings. The molecule has 3 atom stereocenters. The predicted octanol–water partition coefficient (Wildman–Crippen LogP) is 2.00. The molecule has 1 N–H and O–H groups in total. The van der Waals surface area contributed by atoms with E-state index in [0.29, 0.717) is 5.69 Å². The molecule has 1 amide bonds. The lowest BCUT2D eigenvalue weighted by Gasteiger charge is -2.20. The minimum atomic E-state index is -4.41. The number of amides is 1. The van der Waals surface area contributed by atoms with Gasteiger partial charge in [0.2, 0.25) is 5.91 Å². The molecule has 2 fully saturated rings. The van der Waals surface area contributed by atoms with Crippen molar-refractivity contribution >= 4 is 17.6 Å². The highest BCUT2D eigenvalue weighted by molar-refractivity contribution is 6.04. The summed E-state index contributed by atoms with van der Waals surface area (Å²) >= 11 is 0. The normalized spacial score (nSPS) is 28.4. The smallest absolute Gasteiger partial charge is 0.416 e. The van der Waals surface area contributed by atoms with E-state index >= 15 is 0 Å². The van der Waals surface area contributed by atoms with Gasteiger partial charge in [0.05, 0.1) is 17.4 Å². The Balaban J connectivity index is 1.77. The minimum absolute atomic E-state index is 0.220. The molecule has 1 aliphatic carbocycles. The monoisotopic (exact) mass is 285 g/mol. The average Bonchev–Trinajstić information content (AvgIpc) is 3.00. The zero-order chi connectivity index (χ0) is 14.7. The van der Waals surface area contributed by atoms with E-state index in [1.54, 1.807) is 0 Å². The van der Waals surface area contributed by atoms with Crippen LogP contribution in [0.1, 0.15) is 5.56 Å². The molecule has 0 spiro atoms. The van der Waals surface area contributed by atoms with E-state index < -0.39 is 29.5 Å². The van der Waals surface area contributed by atoms with E-state index in [1.165, 1.54) is 17.0 Å². The minimum Gasteiger partial charge on any atom is -0.481 e. The van der Waals surface area contributed by atoms with Crippen molar-refractivity contribution in [1.82, 2.24) is 0 Å². The fraction of sp³-hybridized carbons (Fsp3) is 0.385.